The van der Waals surface area contributed by atoms with Crippen LogP contribution in [0.4, 0.5) is 0 Å². The first-order valence-corrected chi connectivity index (χ1v) is 8.39. The number of rotatable bonds is 4. The molecule has 0 atom stereocenters. The second-order valence-corrected chi connectivity index (χ2v) is 6.10. The van der Waals surface area contributed by atoms with E-state index in [-0.39, 0.29) is 5.63 Å². The first-order valence-electron chi connectivity index (χ1n) is 8.39. The molecule has 0 radical (unpaired) electrons. The van der Waals surface area contributed by atoms with Crippen LogP contribution in [0.5, 0.6) is 11.5 Å². The zero-order valence-electron chi connectivity index (χ0n) is 14.6. The summed E-state index contributed by atoms with van der Waals surface area (Å²) in [5.41, 5.74) is 1.99. The van der Waals surface area contributed by atoms with E-state index in [0.717, 1.165) is 27.6 Å². The molecule has 0 spiro atoms. The van der Waals surface area contributed by atoms with Crippen LogP contribution in [0.1, 0.15) is 11.1 Å². The van der Waals surface area contributed by atoms with Crippen LogP contribution >= 0.6 is 0 Å². The van der Waals surface area contributed by atoms with Crippen LogP contribution in [0.3, 0.4) is 0 Å². The number of hydrogen-bond acceptors (Lipinski definition) is 4. The van der Waals surface area contributed by atoms with Gasteiger partial charge >= 0.3 is 5.63 Å². The predicted molar refractivity (Wildman–Crippen MR) is 102 cm³/mol. The number of ether oxygens (including phenoxy) is 2. The fourth-order valence-corrected chi connectivity index (χ4v) is 3.19. The minimum atomic E-state index is -0.335. The van der Waals surface area contributed by atoms with Gasteiger partial charge in [0.05, 0.1) is 12.5 Å². The Bertz CT molecular complexity index is 1160. The lowest BCUT2D eigenvalue weighted by Crippen LogP contribution is -2.03. The molecule has 0 saturated carbocycles. The van der Waals surface area contributed by atoms with Crippen molar-refractivity contribution in [3.8, 4) is 11.5 Å². The Balaban J connectivity index is 1.76. The Kier molecular flexibility index (Phi) is 4.09. The lowest BCUT2D eigenvalue weighted by Gasteiger charge is -2.13. The summed E-state index contributed by atoms with van der Waals surface area (Å²) >= 11 is 0. The van der Waals surface area contributed by atoms with Gasteiger partial charge in [-0.25, -0.2) is 4.79 Å². The molecule has 0 unspecified atom stereocenters. The Morgan fingerprint density at radius 2 is 1.58 bits per heavy atom. The van der Waals surface area contributed by atoms with E-state index in [1.165, 1.54) is 0 Å². The standard InChI is InChI=1S/C22H18O4/c1-14-19(25-13-15-7-3-6-10-20(15)24-2)12-11-17-16-8-4-5-9-18(16)22(23)26-21(14)17/h3-12H,13H2,1-2H3. The van der Waals surface area contributed by atoms with Crippen LogP contribution in [0.25, 0.3) is 21.7 Å². The lowest BCUT2D eigenvalue weighted by molar-refractivity contribution is 0.295. The van der Waals surface area contributed by atoms with Gasteiger partial charge in [0.25, 0.3) is 0 Å². The Morgan fingerprint density at radius 1 is 0.846 bits per heavy atom. The summed E-state index contributed by atoms with van der Waals surface area (Å²) in [4.78, 5) is 12.3. The van der Waals surface area contributed by atoms with Gasteiger partial charge in [-0.3, -0.25) is 0 Å². The molecule has 0 aliphatic carbocycles. The van der Waals surface area contributed by atoms with Crippen LogP contribution in [0.2, 0.25) is 0 Å². The fourth-order valence-electron chi connectivity index (χ4n) is 3.19. The molecule has 0 N–H and O–H groups in total. The minimum absolute atomic E-state index is 0.335. The van der Waals surface area contributed by atoms with Crippen LogP contribution in [0, 0.1) is 6.92 Å². The number of fused-ring (bicyclic) bond motifs is 3. The maximum absolute atomic E-state index is 12.3. The van der Waals surface area contributed by atoms with Gasteiger partial charge in [0.15, 0.2) is 0 Å². The summed E-state index contributed by atoms with van der Waals surface area (Å²) in [5.74, 6) is 1.46. The number of aryl methyl sites for hydroxylation is 1. The van der Waals surface area contributed by atoms with Crippen LogP contribution in [-0.2, 0) is 6.61 Å². The molecule has 1 heterocycles. The third kappa shape index (κ3) is 2.69. The quantitative estimate of drug-likeness (QED) is 0.392. The molecule has 4 nitrogen and oxygen atoms in total. The molecule has 130 valence electrons. The minimum Gasteiger partial charge on any atom is -0.496 e. The van der Waals surface area contributed by atoms with Crippen molar-refractivity contribution in [3.05, 3.63) is 82.2 Å². The average Bonchev–Trinajstić information content (AvgIpc) is 2.68. The maximum Gasteiger partial charge on any atom is 0.344 e. The van der Waals surface area contributed by atoms with Crippen LogP contribution in [-0.4, -0.2) is 7.11 Å². The molecule has 0 saturated heterocycles. The monoisotopic (exact) mass is 346 g/mol. The topological polar surface area (TPSA) is 48.7 Å². The summed E-state index contributed by atoms with van der Waals surface area (Å²) in [6.07, 6.45) is 0. The molecular formula is C22H18O4. The summed E-state index contributed by atoms with van der Waals surface area (Å²) < 4.78 is 16.9. The number of benzene rings is 3. The van der Waals surface area contributed by atoms with E-state index in [4.69, 9.17) is 13.9 Å². The van der Waals surface area contributed by atoms with Gasteiger partial charge in [0.2, 0.25) is 0 Å². The van der Waals surface area contributed by atoms with Crippen LogP contribution in [0.15, 0.2) is 69.9 Å². The van der Waals surface area contributed by atoms with Crippen molar-refractivity contribution in [2.24, 2.45) is 0 Å². The van der Waals surface area contributed by atoms with Crippen molar-refractivity contribution in [2.75, 3.05) is 7.11 Å². The smallest absolute Gasteiger partial charge is 0.344 e. The van der Waals surface area contributed by atoms with E-state index >= 15 is 0 Å². The van der Waals surface area contributed by atoms with Gasteiger partial charge in [-0.15, -0.1) is 0 Å². The molecule has 1 aromatic heterocycles. The maximum atomic E-state index is 12.3. The van der Waals surface area contributed by atoms with E-state index in [0.29, 0.717) is 23.3 Å². The van der Waals surface area contributed by atoms with Crippen molar-refractivity contribution >= 4 is 21.7 Å². The zero-order chi connectivity index (χ0) is 18.1. The highest BCUT2D eigenvalue weighted by Gasteiger charge is 2.13. The zero-order valence-corrected chi connectivity index (χ0v) is 14.6. The highest BCUT2D eigenvalue weighted by atomic mass is 16.5. The first-order chi connectivity index (χ1) is 12.7. The summed E-state index contributed by atoms with van der Waals surface area (Å²) in [6.45, 7) is 2.27. The van der Waals surface area contributed by atoms with Gasteiger partial charge in [-0.2, -0.15) is 0 Å². The normalized spacial score (nSPS) is 11.0. The van der Waals surface area contributed by atoms with E-state index in [1.807, 2.05) is 61.5 Å². The first kappa shape index (κ1) is 16.2. The molecule has 4 rings (SSSR count). The SMILES string of the molecule is COc1ccccc1COc1ccc2c(oc(=O)c3ccccc32)c1C. The lowest BCUT2D eigenvalue weighted by atomic mass is 10.0. The molecule has 0 fully saturated rings. The third-order valence-corrected chi connectivity index (χ3v) is 4.56. The molecule has 0 amide bonds. The van der Waals surface area contributed by atoms with Crippen molar-refractivity contribution in [3.63, 3.8) is 0 Å². The van der Waals surface area contributed by atoms with E-state index in [2.05, 4.69) is 0 Å². The third-order valence-electron chi connectivity index (χ3n) is 4.56. The number of hydrogen-bond donors (Lipinski definition) is 0. The number of para-hydroxylation sites is 1. The highest BCUT2D eigenvalue weighted by molar-refractivity contribution is 6.05. The number of methoxy groups -OCH3 is 1. The van der Waals surface area contributed by atoms with Crippen molar-refractivity contribution < 1.29 is 13.9 Å². The second kappa shape index (κ2) is 6.56. The van der Waals surface area contributed by atoms with Gasteiger partial charge in [-0.1, -0.05) is 36.4 Å². The predicted octanol–water partition coefficient (Wildman–Crippen LogP) is 4.84. The van der Waals surface area contributed by atoms with Gasteiger partial charge in [-0.05, 0) is 36.6 Å². The van der Waals surface area contributed by atoms with Crippen molar-refractivity contribution in [1.29, 1.82) is 0 Å². The van der Waals surface area contributed by atoms with E-state index < -0.39 is 0 Å². The van der Waals surface area contributed by atoms with Gasteiger partial charge < -0.3 is 13.9 Å². The molecule has 26 heavy (non-hydrogen) atoms. The molecule has 0 aliphatic heterocycles. The van der Waals surface area contributed by atoms with E-state index in [9.17, 15) is 4.79 Å². The average molecular weight is 346 g/mol. The van der Waals surface area contributed by atoms with Gasteiger partial charge in [0.1, 0.15) is 23.7 Å². The Morgan fingerprint density at radius 3 is 2.38 bits per heavy atom. The van der Waals surface area contributed by atoms with Crippen LogP contribution < -0.4 is 15.1 Å². The Labute approximate surface area is 150 Å². The summed E-state index contributed by atoms with van der Waals surface area (Å²) in [6, 6.07) is 19.0. The molecule has 4 heteroatoms. The largest absolute Gasteiger partial charge is 0.496 e. The molecule has 0 bridgehead atoms. The molecular weight excluding hydrogens is 328 g/mol. The van der Waals surface area contributed by atoms with E-state index in [1.54, 1.807) is 13.2 Å². The molecule has 4 aromatic rings. The van der Waals surface area contributed by atoms with Gasteiger partial charge in [0, 0.05) is 16.5 Å². The second-order valence-electron chi connectivity index (χ2n) is 6.10. The van der Waals surface area contributed by atoms with Crippen molar-refractivity contribution in [1.82, 2.24) is 0 Å². The fraction of sp³-hybridized carbons (Fsp3) is 0.136. The summed E-state index contributed by atoms with van der Waals surface area (Å²) in [7, 11) is 1.64. The summed E-state index contributed by atoms with van der Waals surface area (Å²) in [5, 5.41) is 2.38. The highest BCUT2D eigenvalue weighted by Crippen LogP contribution is 2.31. The molecule has 0 aliphatic rings. The van der Waals surface area contributed by atoms with Crippen molar-refractivity contribution in [2.45, 2.75) is 13.5 Å². The molecule has 3 aromatic carbocycles. The Hall–Kier alpha value is -3.27.